The molecule has 0 aliphatic heterocycles. The van der Waals surface area contributed by atoms with Crippen molar-refractivity contribution in [3.8, 4) is 0 Å². The Kier molecular flexibility index (Phi) is 2.44. The first-order chi connectivity index (χ1) is 8.59. The average molecular weight is 252 g/mol. The predicted octanol–water partition coefficient (Wildman–Crippen LogP) is -1.85. The molecule has 2 heterocycles. The molecule has 1 fully saturated rings. The minimum atomic E-state index is -1.20. The highest BCUT2D eigenvalue weighted by Crippen LogP contribution is 2.32. The third-order valence-corrected chi connectivity index (χ3v) is 3.34. The van der Waals surface area contributed by atoms with Gasteiger partial charge in [-0.3, -0.25) is 4.79 Å². The highest BCUT2D eigenvalue weighted by molar-refractivity contribution is 5.69. The van der Waals surface area contributed by atoms with Gasteiger partial charge in [-0.1, -0.05) is 0 Å². The molecule has 1 aliphatic carbocycles. The molecule has 0 amide bonds. The molecule has 8 heteroatoms. The number of imidazole rings is 1. The number of aromatic nitrogens is 4. The van der Waals surface area contributed by atoms with Crippen LogP contribution >= 0.6 is 0 Å². The lowest BCUT2D eigenvalue weighted by molar-refractivity contribution is -0.0244. The number of fused-ring (bicyclic) bond motifs is 1. The largest absolute Gasteiger partial charge is 0.390 e. The first kappa shape index (κ1) is 11.3. The van der Waals surface area contributed by atoms with Crippen LogP contribution in [-0.2, 0) is 0 Å². The highest BCUT2D eigenvalue weighted by atomic mass is 16.4. The standard InChI is InChI=1S/C10H12N4O4/c15-5-1-4(7(16)8(5)17)14-3-13-6-9(14)11-2-12-10(6)18/h2-5,7-8,15-17H,1H2,(H,11,12,18)/t4-,5+,7+,8-/m1/s1. The van der Waals surface area contributed by atoms with Crippen molar-refractivity contribution in [1.82, 2.24) is 19.5 Å². The molecule has 8 nitrogen and oxygen atoms in total. The van der Waals surface area contributed by atoms with Crippen LogP contribution < -0.4 is 5.56 Å². The summed E-state index contributed by atoms with van der Waals surface area (Å²) in [6.45, 7) is 0. The van der Waals surface area contributed by atoms with Crippen LogP contribution in [0, 0.1) is 0 Å². The Morgan fingerprint density at radius 1 is 1.28 bits per heavy atom. The lowest BCUT2D eigenvalue weighted by Gasteiger charge is -2.17. The summed E-state index contributed by atoms with van der Waals surface area (Å²) in [6, 6.07) is -0.547. The van der Waals surface area contributed by atoms with E-state index in [4.69, 9.17) is 0 Å². The molecule has 4 atom stereocenters. The van der Waals surface area contributed by atoms with Crippen molar-refractivity contribution >= 4 is 11.2 Å². The van der Waals surface area contributed by atoms with Crippen LogP contribution in [0.3, 0.4) is 0 Å². The Labute approximate surface area is 101 Å². The molecule has 2 aromatic rings. The first-order valence-corrected chi connectivity index (χ1v) is 5.54. The fraction of sp³-hybridized carbons (Fsp3) is 0.500. The number of H-pyrrole nitrogens is 1. The van der Waals surface area contributed by atoms with E-state index in [1.807, 2.05) is 0 Å². The van der Waals surface area contributed by atoms with E-state index in [0.29, 0.717) is 5.65 Å². The Morgan fingerprint density at radius 3 is 2.72 bits per heavy atom. The Bertz CT molecular complexity index is 636. The number of nitrogens with one attached hydrogen (secondary N) is 1. The molecule has 1 aliphatic rings. The number of aliphatic hydroxyl groups is 3. The second kappa shape index (κ2) is 3.87. The summed E-state index contributed by atoms with van der Waals surface area (Å²) in [5, 5.41) is 28.9. The summed E-state index contributed by atoms with van der Waals surface area (Å²) >= 11 is 0. The molecule has 1 saturated carbocycles. The number of rotatable bonds is 1. The van der Waals surface area contributed by atoms with Crippen LogP contribution in [0.2, 0.25) is 0 Å². The topological polar surface area (TPSA) is 124 Å². The van der Waals surface area contributed by atoms with Gasteiger partial charge in [-0.05, 0) is 6.42 Å². The maximum atomic E-state index is 11.5. The fourth-order valence-electron chi connectivity index (χ4n) is 2.37. The van der Waals surface area contributed by atoms with Gasteiger partial charge in [0.1, 0.15) is 12.2 Å². The lowest BCUT2D eigenvalue weighted by atomic mass is 10.2. The van der Waals surface area contributed by atoms with Crippen LogP contribution in [0.1, 0.15) is 12.5 Å². The van der Waals surface area contributed by atoms with E-state index < -0.39 is 24.4 Å². The third kappa shape index (κ3) is 1.47. The maximum absolute atomic E-state index is 11.5. The van der Waals surface area contributed by atoms with Gasteiger partial charge in [0.2, 0.25) is 0 Å². The zero-order valence-corrected chi connectivity index (χ0v) is 9.26. The van der Waals surface area contributed by atoms with Crippen LogP contribution in [0.5, 0.6) is 0 Å². The van der Waals surface area contributed by atoms with Crippen molar-refractivity contribution in [1.29, 1.82) is 0 Å². The Hall–Kier alpha value is -1.77. The molecule has 3 rings (SSSR count). The number of nitrogens with zero attached hydrogens (tertiary/aromatic N) is 3. The molecule has 0 spiro atoms. The van der Waals surface area contributed by atoms with Gasteiger partial charge in [-0.2, -0.15) is 0 Å². The highest BCUT2D eigenvalue weighted by Gasteiger charge is 2.42. The van der Waals surface area contributed by atoms with Gasteiger partial charge in [-0.15, -0.1) is 0 Å². The number of aliphatic hydroxyl groups excluding tert-OH is 3. The summed E-state index contributed by atoms with van der Waals surface area (Å²) in [4.78, 5) is 21.8. The van der Waals surface area contributed by atoms with Crippen LogP contribution in [-0.4, -0.2) is 53.2 Å². The van der Waals surface area contributed by atoms with Crippen LogP contribution in [0.15, 0.2) is 17.4 Å². The fourth-order valence-corrected chi connectivity index (χ4v) is 2.37. The summed E-state index contributed by atoms with van der Waals surface area (Å²) < 4.78 is 1.51. The number of aromatic amines is 1. The minimum Gasteiger partial charge on any atom is -0.390 e. The summed E-state index contributed by atoms with van der Waals surface area (Å²) in [5.74, 6) is 0. The second-order valence-corrected chi connectivity index (χ2v) is 4.41. The predicted molar refractivity (Wildman–Crippen MR) is 59.8 cm³/mol. The van der Waals surface area contributed by atoms with Crippen LogP contribution in [0.25, 0.3) is 11.2 Å². The first-order valence-electron chi connectivity index (χ1n) is 5.54. The molecule has 2 aromatic heterocycles. The molecule has 0 bridgehead atoms. The molecule has 0 unspecified atom stereocenters. The van der Waals surface area contributed by atoms with Gasteiger partial charge in [0.15, 0.2) is 11.2 Å². The van der Waals surface area contributed by atoms with E-state index in [9.17, 15) is 20.1 Å². The third-order valence-electron chi connectivity index (χ3n) is 3.34. The van der Waals surface area contributed by atoms with Crippen molar-refractivity contribution in [2.24, 2.45) is 0 Å². The summed E-state index contributed by atoms with van der Waals surface area (Å²) in [7, 11) is 0. The van der Waals surface area contributed by atoms with Crippen LogP contribution in [0.4, 0.5) is 0 Å². The summed E-state index contributed by atoms with van der Waals surface area (Å²) in [5.41, 5.74) is 0.122. The van der Waals surface area contributed by atoms with E-state index in [-0.39, 0.29) is 17.5 Å². The molecule has 0 aromatic carbocycles. The molecular weight excluding hydrogens is 240 g/mol. The van der Waals surface area contributed by atoms with E-state index in [1.54, 1.807) is 0 Å². The van der Waals surface area contributed by atoms with Gasteiger partial charge in [0.05, 0.1) is 24.8 Å². The van der Waals surface area contributed by atoms with Crippen molar-refractivity contribution < 1.29 is 15.3 Å². The van der Waals surface area contributed by atoms with Crippen molar-refractivity contribution in [2.45, 2.75) is 30.8 Å². The smallest absolute Gasteiger partial charge is 0.278 e. The molecule has 18 heavy (non-hydrogen) atoms. The van der Waals surface area contributed by atoms with Gasteiger partial charge < -0.3 is 24.9 Å². The van der Waals surface area contributed by atoms with Crippen molar-refractivity contribution in [3.05, 3.63) is 23.0 Å². The molecular formula is C10H12N4O4. The van der Waals surface area contributed by atoms with E-state index in [2.05, 4.69) is 15.0 Å². The maximum Gasteiger partial charge on any atom is 0.278 e. The average Bonchev–Trinajstić information content (AvgIpc) is 2.88. The Balaban J connectivity index is 2.11. The number of hydrogen-bond donors (Lipinski definition) is 4. The van der Waals surface area contributed by atoms with Gasteiger partial charge in [0, 0.05) is 0 Å². The Morgan fingerprint density at radius 2 is 2.06 bits per heavy atom. The zero-order chi connectivity index (χ0) is 12.9. The SMILES string of the molecule is O=c1[nH]cnc2c1ncn2[C@@H]1C[C@H](O)[C@@H](O)[C@H]1O. The number of hydrogen-bond acceptors (Lipinski definition) is 6. The van der Waals surface area contributed by atoms with Gasteiger partial charge in [0.25, 0.3) is 5.56 Å². The van der Waals surface area contributed by atoms with E-state index in [1.165, 1.54) is 17.2 Å². The lowest BCUT2D eigenvalue weighted by Crippen LogP contribution is -2.31. The van der Waals surface area contributed by atoms with E-state index >= 15 is 0 Å². The van der Waals surface area contributed by atoms with Crippen molar-refractivity contribution in [3.63, 3.8) is 0 Å². The zero-order valence-electron chi connectivity index (χ0n) is 9.26. The molecule has 0 saturated heterocycles. The normalized spacial score (nSPS) is 32.2. The second-order valence-electron chi connectivity index (χ2n) is 4.41. The van der Waals surface area contributed by atoms with Gasteiger partial charge >= 0.3 is 0 Å². The van der Waals surface area contributed by atoms with Gasteiger partial charge in [-0.25, -0.2) is 9.97 Å². The van der Waals surface area contributed by atoms with Crippen molar-refractivity contribution in [2.75, 3.05) is 0 Å². The molecule has 0 radical (unpaired) electrons. The monoisotopic (exact) mass is 252 g/mol. The molecule has 4 N–H and O–H groups in total. The van der Waals surface area contributed by atoms with E-state index in [0.717, 1.165) is 0 Å². The minimum absolute atomic E-state index is 0.167. The quantitative estimate of drug-likeness (QED) is 0.472. The summed E-state index contributed by atoms with van der Waals surface area (Å²) in [6.07, 6.45) is -0.498. The molecule has 96 valence electrons.